The molecule has 0 spiro atoms. The standard InChI is InChI=1S/C21H31F3N2O2/c1-25-14-4-3-5-15-28-19-12-10-18(11-13-19)26(2)20(27)16-6-8-17(9-7-16)21(22,23)24/h6-9,18-19,25H,3-5,10-15H2,1-2H3/t18-,19-. The fourth-order valence-corrected chi connectivity index (χ4v) is 3.60. The first kappa shape index (κ1) is 22.7. The minimum absolute atomic E-state index is 0.102. The number of nitrogens with zero attached hydrogens (tertiary/aromatic N) is 1. The van der Waals surface area contributed by atoms with Crippen molar-refractivity contribution < 1.29 is 22.7 Å². The van der Waals surface area contributed by atoms with Gasteiger partial charge in [-0.3, -0.25) is 4.79 Å². The summed E-state index contributed by atoms with van der Waals surface area (Å²) in [7, 11) is 3.68. The van der Waals surface area contributed by atoms with Gasteiger partial charge in [0.2, 0.25) is 0 Å². The van der Waals surface area contributed by atoms with Gasteiger partial charge in [-0.05, 0) is 82.8 Å². The molecule has 4 nitrogen and oxygen atoms in total. The summed E-state index contributed by atoms with van der Waals surface area (Å²) in [5.74, 6) is -0.234. The number of alkyl halides is 3. The van der Waals surface area contributed by atoms with Gasteiger partial charge in [0, 0.05) is 25.3 Å². The molecule has 0 saturated heterocycles. The lowest BCUT2D eigenvalue weighted by Crippen LogP contribution is -2.40. The van der Waals surface area contributed by atoms with E-state index in [4.69, 9.17) is 4.74 Å². The van der Waals surface area contributed by atoms with Crippen molar-refractivity contribution in [3.05, 3.63) is 35.4 Å². The van der Waals surface area contributed by atoms with Crippen LogP contribution in [-0.4, -0.2) is 50.2 Å². The average molecular weight is 400 g/mol. The second kappa shape index (κ2) is 10.8. The van der Waals surface area contributed by atoms with Crippen LogP contribution in [0.5, 0.6) is 0 Å². The van der Waals surface area contributed by atoms with Gasteiger partial charge in [-0.15, -0.1) is 0 Å². The van der Waals surface area contributed by atoms with Crippen molar-refractivity contribution in [3.8, 4) is 0 Å². The molecule has 1 amide bonds. The molecular formula is C21H31F3N2O2. The monoisotopic (exact) mass is 400 g/mol. The number of benzene rings is 1. The predicted octanol–water partition coefficient (Wildman–Crippen LogP) is 4.49. The van der Waals surface area contributed by atoms with Gasteiger partial charge in [-0.2, -0.15) is 13.2 Å². The number of amides is 1. The van der Waals surface area contributed by atoms with Crippen LogP contribution in [0, 0.1) is 0 Å². The van der Waals surface area contributed by atoms with Crippen LogP contribution < -0.4 is 5.32 Å². The van der Waals surface area contributed by atoms with Crippen molar-refractivity contribution in [2.75, 3.05) is 27.2 Å². The molecule has 0 atom stereocenters. The van der Waals surface area contributed by atoms with Crippen molar-refractivity contribution in [1.29, 1.82) is 0 Å². The third kappa shape index (κ3) is 6.78. The zero-order valence-electron chi connectivity index (χ0n) is 16.7. The van der Waals surface area contributed by atoms with E-state index in [1.165, 1.54) is 12.1 Å². The molecule has 0 radical (unpaired) electrons. The van der Waals surface area contributed by atoms with Gasteiger partial charge < -0.3 is 15.0 Å². The first-order chi connectivity index (χ1) is 13.3. The molecule has 1 fully saturated rings. The highest BCUT2D eigenvalue weighted by atomic mass is 19.4. The number of carbonyl (C=O) groups is 1. The van der Waals surface area contributed by atoms with E-state index < -0.39 is 11.7 Å². The Kier molecular flexibility index (Phi) is 8.76. The van der Waals surface area contributed by atoms with E-state index in [0.29, 0.717) is 0 Å². The lowest BCUT2D eigenvalue weighted by molar-refractivity contribution is -0.137. The summed E-state index contributed by atoms with van der Waals surface area (Å²) < 4.78 is 43.9. The maximum atomic E-state index is 12.7. The molecule has 0 unspecified atom stereocenters. The fraction of sp³-hybridized carbons (Fsp3) is 0.667. The van der Waals surface area contributed by atoms with Crippen LogP contribution >= 0.6 is 0 Å². The Hall–Kier alpha value is -1.60. The van der Waals surface area contributed by atoms with E-state index >= 15 is 0 Å². The summed E-state index contributed by atoms with van der Waals surface area (Å²) in [6, 6.07) is 4.53. The molecule has 2 rings (SSSR count). The predicted molar refractivity (Wildman–Crippen MR) is 103 cm³/mol. The Bertz CT molecular complexity index is 597. The Morgan fingerprint density at radius 2 is 1.75 bits per heavy atom. The molecule has 1 N–H and O–H groups in total. The summed E-state index contributed by atoms with van der Waals surface area (Å²) in [6.45, 7) is 1.81. The highest BCUT2D eigenvalue weighted by Gasteiger charge is 2.31. The number of nitrogens with one attached hydrogen (secondary N) is 1. The van der Waals surface area contributed by atoms with Gasteiger partial charge >= 0.3 is 6.18 Å². The van der Waals surface area contributed by atoms with Crippen molar-refractivity contribution in [2.24, 2.45) is 0 Å². The minimum Gasteiger partial charge on any atom is -0.378 e. The second-order valence-electron chi connectivity index (χ2n) is 7.46. The number of unbranched alkanes of at least 4 members (excludes halogenated alkanes) is 2. The normalized spacial score (nSPS) is 20.2. The van der Waals surface area contributed by atoms with Crippen LogP contribution in [0.25, 0.3) is 0 Å². The zero-order chi connectivity index (χ0) is 20.6. The first-order valence-corrected chi connectivity index (χ1v) is 10.0. The van der Waals surface area contributed by atoms with Crippen LogP contribution in [-0.2, 0) is 10.9 Å². The van der Waals surface area contributed by atoms with Crippen LogP contribution in [0.1, 0.15) is 60.9 Å². The van der Waals surface area contributed by atoms with E-state index in [1.807, 2.05) is 7.05 Å². The highest BCUT2D eigenvalue weighted by molar-refractivity contribution is 5.94. The van der Waals surface area contributed by atoms with Gasteiger partial charge in [-0.25, -0.2) is 0 Å². The molecule has 0 heterocycles. The molecule has 0 aromatic heterocycles. The molecule has 1 aromatic carbocycles. The lowest BCUT2D eigenvalue weighted by atomic mass is 9.91. The third-order valence-electron chi connectivity index (χ3n) is 5.40. The highest BCUT2D eigenvalue weighted by Crippen LogP contribution is 2.30. The molecule has 28 heavy (non-hydrogen) atoms. The van der Waals surface area contributed by atoms with Crippen LogP contribution in [0.2, 0.25) is 0 Å². The molecule has 0 bridgehead atoms. The number of halogens is 3. The van der Waals surface area contributed by atoms with Crippen LogP contribution in [0.15, 0.2) is 24.3 Å². The Morgan fingerprint density at radius 1 is 1.11 bits per heavy atom. The van der Waals surface area contributed by atoms with E-state index in [1.54, 1.807) is 11.9 Å². The largest absolute Gasteiger partial charge is 0.416 e. The molecule has 158 valence electrons. The number of rotatable bonds is 9. The van der Waals surface area contributed by atoms with Crippen LogP contribution in [0.3, 0.4) is 0 Å². The molecule has 1 aliphatic rings. The molecule has 0 aliphatic heterocycles. The van der Waals surface area contributed by atoms with E-state index in [9.17, 15) is 18.0 Å². The topological polar surface area (TPSA) is 41.6 Å². The van der Waals surface area contributed by atoms with E-state index in [-0.39, 0.29) is 23.6 Å². The summed E-state index contributed by atoms with van der Waals surface area (Å²) in [4.78, 5) is 14.3. The van der Waals surface area contributed by atoms with Crippen molar-refractivity contribution in [2.45, 2.75) is 63.3 Å². The van der Waals surface area contributed by atoms with Crippen LogP contribution in [0.4, 0.5) is 13.2 Å². The number of ether oxygens (including phenoxy) is 1. The molecule has 7 heteroatoms. The fourth-order valence-electron chi connectivity index (χ4n) is 3.60. The summed E-state index contributed by atoms with van der Waals surface area (Å²) in [5.41, 5.74) is -0.453. The van der Waals surface area contributed by atoms with Crippen molar-refractivity contribution in [1.82, 2.24) is 10.2 Å². The average Bonchev–Trinajstić information content (AvgIpc) is 2.69. The SMILES string of the molecule is CNCCCCCO[C@H]1CC[C@H](N(C)C(=O)c2ccc(C(F)(F)F)cc2)CC1. The van der Waals surface area contributed by atoms with Crippen molar-refractivity contribution >= 4 is 5.91 Å². The number of hydrogen-bond donors (Lipinski definition) is 1. The summed E-state index contributed by atoms with van der Waals surface area (Å²) in [6.07, 6.45) is 2.75. The first-order valence-electron chi connectivity index (χ1n) is 10.0. The Morgan fingerprint density at radius 3 is 2.32 bits per heavy atom. The number of hydrogen-bond acceptors (Lipinski definition) is 3. The lowest BCUT2D eigenvalue weighted by Gasteiger charge is -2.34. The molecule has 1 aromatic rings. The molecule has 1 saturated carbocycles. The second-order valence-corrected chi connectivity index (χ2v) is 7.46. The summed E-state index contributed by atoms with van der Waals surface area (Å²) in [5, 5.41) is 3.13. The number of carbonyl (C=O) groups excluding carboxylic acids is 1. The van der Waals surface area contributed by atoms with Gasteiger partial charge in [0.25, 0.3) is 5.91 Å². The molecule has 1 aliphatic carbocycles. The van der Waals surface area contributed by atoms with Gasteiger partial charge in [0.1, 0.15) is 0 Å². The van der Waals surface area contributed by atoms with E-state index in [0.717, 1.165) is 70.2 Å². The Balaban J connectivity index is 1.75. The van der Waals surface area contributed by atoms with Gasteiger partial charge in [0.05, 0.1) is 11.7 Å². The summed E-state index contributed by atoms with van der Waals surface area (Å²) >= 11 is 0. The quantitative estimate of drug-likeness (QED) is 0.621. The Labute approximate surface area is 165 Å². The van der Waals surface area contributed by atoms with Gasteiger partial charge in [-0.1, -0.05) is 0 Å². The minimum atomic E-state index is -4.39. The maximum Gasteiger partial charge on any atom is 0.416 e. The van der Waals surface area contributed by atoms with Crippen molar-refractivity contribution in [3.63, 3.8) is 0 Å². The smallest absolute Gasteiger partial charge is 0.378 e. The molecular weight excluding hydrogens is 369 g/mol. The van der Waals surface area contributed by atoms with Gasteiger partial charge in [0.15, 0.2) is 0 Å². The maximum absolute atomic E-state index is 12.7. The van der Waals surface area contributed by atoms with E-state index in [2.05, 4.69) is 5.32 Å². The zero-order valence-corrected chi connectivity index (χ0v) is 16.7. The third-order valence-corrected chi connectivity index (χ3v) is 5.40.